The molecular weight excluding hydrogens is 307 g/mol. The monoisotopic (exact) mass is 326 g/mol. The summed E-state index contributed by atoms with van der Waals surface area (Å²) in [4.78, 5) is 0. The van der Waals surface area contributed by atoms with Crippen molar-refractivity contribution < 1.29 is 17.5 Å². The van der Waals surface area contributed by atoms with Gasteiger partial charge in [-0.2, -0.15) is 9.57 Å². The molecule has 0 amide bonds. The zero-order valence-corrected chi connectivity index (χ0v) is 13.2. The Morgan fingerprint density at radius 2 is 2.05 bits per heavy atom. The number of unbranched alkanes of at least 4 members (excludes halogenated alkanes) is 1. The van der Waals surface area contributed by atoms with Crippen LogP contribution in [0.1, 0.15) is 31.4 Å². The molecule has 0 aliphatic carbocycles. The van der Waals surface area contributed by atoms with Crippen molar-refractivity contribution in [2.75, 3.05) is 18.8 Å². The number of hydrogen-bond donors (Lipinski definition) is 0. The second-order valence-corrected chi connectivity index (χ2v) is 7.47. The maximum atomic E-state index is 13.0. The minimum absolute atomic E-state index is 0.0383. The molecule has 1 aromatic rings. The summed E-state index contributed by atoms with van der Waals surface area (Å²) >= 11 is 0. The Morgan fingerprint density at radius 3 is 2.68 bits per heavy atom. The maximum absolute atomic E-state index is 13.0. The Hall–Kier alpha value is -1.49. The van der Waals surface area contributed by atoms with Gasteiger partial charge < -0.3 is 4.74 Å². The summed E-state index contributed by atoms with van der Waals surface area (Å²) in [5, 5.41) is 8.52. The summed E-state index contributed by atoms with van der Waals surface area (Å²) in [6.07, 6.45) is -0.101. The third-order valence-corrected chi connectivity index (χ3v) is 5.44. The van der Waals surface area contributed by atoms with Gasteiger partial charge in [0.1, 0.15) is 5.82 Å². The van der Waals surface area contributed by atoms with E-state index in [1.165, 1.54) is 16.4 Å². The van der Waals surface area contributed by atoms with Crippen LogP contribution in [0.5, 0.6) is 0 Å². The quantitative estimate of drug-likeness (QED) is 0.778. The minimum atomic E-state index is -3.41. The summed E-state index contributed by atoms with van der Waals surface area (Å²) in [5.41, 5.74) is 0.755. The molecule has 1 aromatic carbocycles. The number of rotatable bonds is 5. The van der Waals surface area contributed by atoms with Gasteiger partial charge in [0.15, 0.2) is 0 Å². The van der Waals surface area contributed by atoms with Gasteiger partial charge in [-0.15, -0.1) is 0 Å². The predicted molar refractivity (Wildman–Crippen MR) is 79.9 cm³/mol. The summed E-state index contributed by atoms with van der Waals surface area (Å²) in [6.45, 7) is 2.32. The third kappa shape index (κ3) is 4.26. The fourth-order valence-corrected chi connectivity index (χ4v) is 4.03. The van der Waals surface area contributed by atoms with Crippen molar-refractivity contribution in [1.82, 2.24) is 4.31 Å². The highest BCUT2D eigenvalue weighted by molar-refractivity contribution is 7.89. The zero-order valence-electron chi connectivity index (χ0n) is 12.4. The Labute approximate surface area is 130 Å². The van der Waals surface area contributed by atoms with Gasteiger partial charge in [-0.1, -0.05) is 12.1 Å². The average molecular weight is 326 g/mol. The van der Waals surface area contributed by atoms with Crippen LogP contribution in [0, 0.1) is 17.1 Å². The van der Waals surface area contributed by atoms with Gasteiger partial charge in [-0.25, -0.2) is 12.8 Å². The lowest BCUT2D eigenvalue weighted by molar-refractivity contribution is -0.0557. The number of benzene rings is 1. The third-order valence-electron chi connectivity index (χ3n) is 3.55. The standard InChI is InChI=1S/C15H19FN2O3S/c1-12-10-18(22(19,20)9-3-2-8-17)11-15(21-12)13-4-6-14(16)7-5-13/h4-7,12,15H,2-3,9-11H2,1H3/t12-,15+/m1/s1. The molecule has 0 bridgehead atoms. The van der Waals surface area contributed by atoms with Gasteiger partial charge in [0.2, 0.25) is 10.0 Å². The first-order chi connectivity index (χ1) is 10.4. The van der Waals surface area contributed by atoms with Gasteiger partial charge in [0.05, 0.1) is 24.0 Å². The Kier molecular flexibility index (Phi) is 5.51. The molecule has 0 unspecified atom stereocenters. The number of hydrogen-bond acceptors (Lipinski definition) is 4. The van der Waals surface area contributed by atoms with Gasteiger partial charge >= 0.3 is 0 Å². The molecule has 1 saturated heterocycles. The van der Waals surface area contributed by atoms with Crippen molar-refractivity contribution in [3.63, 3.8) is 0 Å². The summed E-state index contributed by atoms with van der Waals surface area (Å²) in [5.74, 6) is -0.378. The van der Waals surface area contributed by atoms with E-state index in [9.17, 15) is 12.8 Å². The van der Waals surface area contributed by atoms with E-state index in [2.05, 4.69) is 0 Å². The Balaban J connectivity index is 2.10. The van der Waals surface area contributed by atoms with Gasteiger partial charge in [0.25, 0.3) is 0 Å². The molecule has 0 spiro atoms. The lowest BCUT2D eigenvalue weighted by Crippen LogP contribution is -2.46. The average Bonchev–Trinajstić information content (AvgIpc) is 2.47. The molecule has 2 rings (SSSR count). The van der Waals surface area contributed by atoms with Crippen LogP contribution in [-0.4, -0.2) is 37.7 Å². The number of nitrogens with zero attached hydrogens (tertiary/aromatic N) is 2. The first kappa shape index (κ1) is 16.9. The van der Waals surface area contributed by atoms with Gasteiger partial charge in [-0.3, -0.25) is 0 Å². The molecule has 0 aromatic heterocycles. The van der Waals surface area contributed by atoms with E-state index in [1.54, 1.807) is 12.1 Å². The van der Waals surface area contributed by atoms with Gasteiger partial charge in [-0.05, 0) is 31.0 Å². The van der Waals surface area contributed by atoms with Crippen molar-refractivity contribution in [1.29, 1.82) is 5.26 Å². The maximum Gasteiger partial charge on any atom is 0.214 e. The minimum Gasteiger partial charge on any atom is -0.368 e. The van der Waals surface area contributed by atoms with Crippen LogP contribution < -0.4 is 0 Å². The number of ether oxygens (including phenoxy) is 1. The largest absolute Gasteiger partial charge is 0.368 e. The van der Waals surface area contributed by atoms with E-state index in [1.807, 2.05) is 13.0 Å². The lowest BCUT2D eigenvalue weighted by Gasteiger charge is -2.36. The van der Waals surface area contributed by atoms with Crippen LogP contribution in [0.4, 0.5) is 4.39 Å². The van der Waals surface area contributed by atoms with Crippen molar-refractivity contribution in [3.8, 4) is 6.07 Å². The molecular formula is C15H19FN2O3S. The molecule has 1 aliphatic rings. The topological polar surface area (TPSA) is 70.4 Å². The molecule has 7 heteroatoms. The number of halogens is 1. The van der Waals surface area contributed by atoms with E-state index < -0.39 is 16.1 Å². The highest BCUT2D eigenvalue weighted by Gasteiger charge is 2.33. The van der Waals surface area contributed by atoms with Crippen molar-refractivity contribution in [2.45, 2.75) is 32.0 Å². The number of nitriles is 1. The molecule has 0 N–H and O–H groups in total. The second-order valence-electron chi connectivity index (χ2n) is 5.38. The smallest absolute Gasteiger partial charge is 0.214 e. The lowest BCUT2D eigenvalue weighted by atomic mass is 10.1. The van der Waals surface area contributed by atoms with E-state index in [-0.39, 0.29) is 30.6 Å². The van der Waals surface area contributed by atoms with E-state index in [0.717, 1.165) is 5.56 Å². The highest BCUT2D eigenvalue weighted by Crippen LogP contribution is 2.27. The molecule has 0 radical (unpaired) electrons. The van der Waals surface area contributed by atoms with Crippen LogP contribution >= 0.6 is 0 Å². The molecule has 2 atom stereocenters. The van der Waals surface area contributed by atoms with Crippen LogP contribution in [0.15, 0.2) is 24.3 Å². The van der Waals surface area contributed by atoms with Gasteiger partial charge in [0, 0.05) is 19.5 Å². The summed E-state index contributed by atoms with van der Waals surface area (Å²) < 4.78 is 44.9. The van der Waals surface area contributed by atoms with Crippen molar-refractivity contribution in [3.05, 3.63) is 35.6 Å². The second kappa shape index (κ2) is 7.18. The van der Waals surface area contributed by atoms with E-state index in [4.69, 9.17) is 10.00 Å². The molecule has 22 heavy (non-hydrogen) atoms. The first-order valence-electron chi connectivity index (χ1n) is 7.18. The summed E-state index contributed by atoms with van der Waals surface area (Å²) in [7, 11) is -3.41. The van der Waals surface area contributed by atoms with Crippen LogP contribution in [0.25, 0.3) is 0 Å². The molecule has 1 aliphatic heterocycles. The van der Waals surface area contributed by atoms with Crippen LogP contribution in [0.2, 0.25) is 0 Å². The number of sulfonamides is 1. The Bertz CT molecular complexity index is 640. The van der Waals surface area contributed by atoms with Crippen LogP contribution in [-0.2, 0) is 14.8 Å². The predicted octanol–water partition coefficient (Wildman–Crippen LogP) is 2.22. The zero-order chi connectivity index (χ0) is 16.2. The fraction of sp³-hybridized carbons (Fsp3) is 0.533. The number of morpholine rings is 1. The molecule has 5 nitrogen and oxygen atoms in total. The highest BCUT2D eigenvalue weighted by atomic mass is 32.2. The van der Waals surface area contributed by atoms with E-state index in [0.29, 0.717) is 13.0 Å². The molecule has 0 saturated carbocycles. The first-order valence-corrected chi connectivity index (χ1v) is 8.79. The SMILES string of the molecule is C[C@@H]1CN(S(=O)(=O)CCCC#N)C[C@@H](c2ccc(F)cc2)O1. The van der Waals surface area contributed by atoms with Crippen LogP contribution in [0.3, 0.4) is 0 Å². The molecule has 1 fully saturated rings. The Morgan fingerprint density at radius 1 is 1.36 bits per heavy atom. The molecule has 1 heterocycles. The fourth-order valence-electron chi connectivity index (χ4n) is 2.46. The summed E-state index contributed by atoms with van der Waals surface area (Å²) in [6, 6.07) is 7.84. The van der Waals surface area contributed by atoms with Crippen molar-refractivity contribution >= 4 is 10.0 Å². The normalized spacial score (nSPS) is 23.1. The van der Waals surface area contributed by atoms with Crippen molar-refractivity contribution in [2.24, 2.45) is 0 Å². The molecule has 120 valence electrons. The van der Waals surface area contributed by atoms with E-state index >= 15 is 0 Å².